The number of rotatable bonds is 3. The largest absolute Gasteiger partial charge is 0.368 e. The molecule has 3 aliphatic carbocycles. The van der Waals surface area contributed by atoms with Crippen LogP contribution in [0.25, 0.3) is 0 Å². The van der Waals surface area contributed by atoms with Crippen LogP contribution in [0, 0.1) is 39.3 Å². The average molecular weight is 478 g/mol. The Balaban J connectivity index is 1.80. The van der Waals surface area contributed by atoms with Gasteiger partial charge in [-0.25, -0.2) is 8.78 Å². The summed E-state index contributed by atoms with van der Waals surface area (Å²) in [6, 6.07) is 4.83. The van der Waals surface area contributed by atoms with Crippen LogP contribution >= 0.6 is 23.2 Å². The normalized spacial score (nSPS) is 43.3. The third kappa shape index (κ3) is 2.09. The van der Waals surface area contributed by atoms with E-state index in [1.807, 2.05) is 20.8 Å². The lowest BCUT2D eigenvalue weighted by molar-refractivity contribution is -0.122. The van der Waals surface area contributed by atoms with Crippen LogP contribution in [-0.2, 0) is 10.2 Å². The van der Waals surface area contributed by atoms with Crippen LogP contribution in [-0.4, -0.2) is 23.7 Å². The molecule has 3 unspecified atom stereocenters. The Morgan fingerprint density at radius 1 is 1.34 bits per heavy atom. The highest BCUT2D eigenvalue weighted by Crippen LogP contribution is 3.02. The molecule has 2 saturated carbocycles. The van der Waals surface area contributed by atoms with Gasteiger partial charge in [-0.15, -0.1) is 0 Å². The van der Waals surface area contributed by atoms with Crippen molar-refractivity contribution in [1.29, 1.82) is 5.26 Å². The summed E-state index contributed by atoms with van der Waals surface area (Å²) in [6.45, 7) is 5.97. The topological polar surface area (TPSA) is 78.9 Å². The zero-order valence-electron chi connectivity index (χ0n) is 17.8. The summed E-state index contributed by atoms with van der Waals surface area (Å²) in [6.07, 6.45) is 5.24. The SMILES string of the molecule is CC(C)(C)C[C@@H]1N[C@@H](C(N)=O)C2([C@@H]3C4(F)C(Cl)=CC=CC342)[C@@]1(C#N)c1ccc(Cl)cc1F. The van der Waals surface area contributed by atoms with Gasteiger partial charge >= 0.3 is 0 Å². The minimum atomic E-state index is -1.89. The van der Waals surface area contributed by atoms with Crippen molar-refractivity contribution in [1.82, 2.24) is 5.32 Å². The molecule has 1 aromatic rings. The Morgan fingerprint density at radius 3 is 2.59 bits per heavy atom. The number of alkyl halides is 1. The van der Waals surface area contributed by atoms with Gasteiger partial charge in [-0.1, -0.05) is 62.2 Å². The van der Waals surface area contributed by atoms with Crippen LogP contribution in [0.2, 0.25) is 5.02 Å². The van der Waals surface area contributed by atoms with Crippen LogP contribution in [0.5, 0.6) is 0 Å². The van der Waals surface area contributed by atoms with Crippen LogP contribution in [0.1, 0.15) is 32.8 Å². The van der Waals surface area contributed by atoms with E-state index in [-0.39, 0.29) is 21.0 Å². The van der Waals surface area contributed by atoms with Crippen LogP contribution in [0.4, 0.5) is 8.78 Å². The number of hydrogen-bond acceptors (Lipinski definition) is 3. The van der Waals surface area contributed by atoms with Gasteiger partial charge in [-0.05, 0) is 30.0 Å². The van der Waals surface area contributed by atoms with Crippen molar-refractivity contribution in [3.8, 4) is 6.07 Å². The van der Waals surface area contributed by atoms with Crippen molar-refractivity contribution in [2.24, 2.45) is 27.9 Å². The average Bonchev–Trinajstić information content (AvgIpc) is 3.45. The summed E-state index contributed by atoms with van der Waals surface area (Å²) >= 11 is 12.3. The molecule has 5 rings (SSSR count). The molecule has 1 aromatic carbocycles. The molecule has 8 heteroatoms. The molecule has 1 heterocycles. The maximum absolute atomic E-state index is 16.1. The number of nitrogens with one attached hydrogen (secondary N) is 1. The second-order valence-corrected chi connectivity index (χ2v) is 11.5. The van der Waals surface area contributed by atoms with E-state index in [1.165, 1.54) is 18.2 Å². The first-order valence-electron chi connectivity index (χ1n) is 10.5. The zero-order valence-corrected chi connectivity index (χ0v) is 19.4. The Bertz CT molecular complexity index is 1170. The highest BCUT2D eigenvalue weighted by Gasteiger charge is 3.11. The minimum absolute atomic E-state index is 0.0292. The molecule has 1 amide bonds. The second-order valence-electron chi connectivity index (χ2n) is 10.6. The van der Waals surface area contributed by atoms with E-state index in [4.69, 9.17) is 28.9 Å². The molecule has 168 valence electrons. The number of halogens is 4. The molecule has 32 heavy (non-hydrogen) atoms. The van der Waals surface area contributed by atoms with Gasteiger partial charge in [0.05, 0.1) is 17.1 Å². The summed E-state index contributed by atoms with van der Waals surface area (Å²) in [5, 5.41) is 14.2. The lowest BCUT2D eigenvalue weighted by atomic mass is 9.54. The van der Waals surface area contributed by atoms with Crippen molar-refractivity contribution in [2.45, 2.75) is 50.4 Å². The standard InChI is InChI=1S/C24H23Cl2F2N3O/c1-20(2,3)10-16-21(11-29,13-7-6-12(25)9-14(13)27)23(17(31-16)18(30)32)19-22(23)8-4-5-15(26)24(19,22)28/h4-9,16-17,19,31H,10H2,1-3H3,(H2,30,32)/t16-,17-,19+,21-,22?,23?,24?/m0/s1. The molecule has 1 saturated heterocycles. The van der Waals surface area contributed by atoms with E-state index in [0.717, 1.165) is 6.07 Å². The predicted octanol–water partition coefficient (Wildman–Crippen LogP) is 4.52. The molecule has 4 nitrogen and oxygen atoms in total. The highest BCUT2D eigenvalue weighted by molar-refractivity contribution is 6.32. The van der Waals surface area contributed by atoms with Crippen molar-refractivity contribution < 1.29 is 13.6 Å². The van der Waals surface area contributed by atoms with E-state index >= 15 is 8.78 Å². The molecule has 3 N–H and O–H groups in total. The molecular formula is C24H23Cl2F2N3O. The lowest BCUT2D eigenvalue weighted by Gasteiger charge is -2.45. The summed E-state index contributed by atoms with van der Waals surface area (Å²) < 4.78 is 31.5. The van der Waals surface area contributed by atoms with E-state index in [9.17, 15) is 10.1 Å². The van der Waals surface area contributed by atoms with E-state index in [0.29, 0.717) is 6.42 Å². The highest BCUT2D eigenvalue weighted by atomic mass is 35.5. The Labute approximate surface area is 195 Å². The van der Waals surface area contributed by atoms with E-state index in [2.05, 4.69) is 11.4 Å². The van der Waals surface area contributed by atoms with Gasteiger partial charge in [0.2, 0.25) is 5.91 Å². The van der Waals surface area contributed by atoms with Gasteiger partial charge in [0.25, 0.3) is 0 Å². The number of carbonyl (C=O) groups excluding carboxylic acids is 1. The summed E-state index contributed by atoms with van der Waals surface area (Å²) in [4.78, 5) is 12.7. The number of benzene rings is 1. The predicted molar refractivity (Wildman–Crippen MR) is 118 cm³/mol. The number of allylic oxidation sites excluding steroid dienone is 4. The van der Waals surface area contributed by atoms with Crippen molar-refractivity contribution in [2.75, 3.05) is 0 Å². The van der Waals surface area contributed by atoms with E-state index in [1.54, 1.807) is 12.2 Å². The van der Waals surface area contributed by atoms with Crippen molar-refractivity contribution in [3.05, 3.63) is 57.9 Å². The first-order valence-corrected chi connectivity index (χ1v) is 11.3. The van der Waals surface area contributed by atoms with Crippen molar-refractivity contribution >= 4 is 29.1 Å². The van der Waals surface area contributed by atoms with Gasteiger partial charge in [0.15, 0.2) is 5.67 Å². The third-order valence-corrected chi connectivity index (χ3v) is 8.65. The number of hydrogen-bond donors (Lipinski definition) is 2. The fraction of sp³-hybridized carbons (Fsp3) is 0.500. The number of primary amides is 1. The third-order valence-electron chi connectivity index (χ3n) is 8.01. The maximum atomic E-state index is 16.1. The van der Waals surface area contributed by atoms with Crippen LogP contribution in [0.3, 0.4) is 0 Å². The molecule has 3 fully saturated rings. The molecule has 0 radical (unpaired) electrons. The molecule has 0 bridgehead atoms. The Morgan fingerprint density at radius 2 is 2.03 bits per heavy atom. The molecule has 4 aliphatic rings. The number of fused-ring (bicyclic) bond motifs is 2. The summed E-state index contributed by atoms with van der Waals surface area (Å²) in [5.41, 5.74) is -0.293. The number of amides is 1. The monoisotopic (exact) mass is 477 g/mol. The molecular weight excluding hydrogens is 455 g/mol. The fourth-order valence-corrected chi connectivity index (χ4v) is 7.63. The van der Waals surface area contributed by atoms with E-state index < -0.39 is 51.6 Å². The van der Waals surface area contributed by atoms with Gasteiger partial charge in [0.1, 0.15) is 11.2 Å². The van der Waals surface area contributed by atoms with Gasteiger partial charge < -0.3 is 11.1 Å². The van der Waals surface area contributed by atoms with Crippen molar-refractivity contribution in [3.63, 3.8) is 0 Å². The minimum Gasteiger partial charge on any atom is -0.368 e. The quantitative estimate of drug-likeness (QED) is 0.671. The molecule has 2 spiro atoms. The number of nitrogens with two attached hydrogens (primary N) is 1. The van der Waals surface area contributed by atoms with Crippen LogP contribution in [0.15, 0.2) is 41.5 Å². The summed E-state index contributed by atoms with van der Waals surface area (Å²) in [7, 11) is 0. The summed E-state index contributed by atoms with van der Waals surface area (Å²) in [5.74, 6) is -2.13. The lowest BCUT2D eigenvalue weighted by Crippen LogP contribution is -2.56. The number of carbonyl (C=O) groups is 1. The van der Waals surface area contributed by atoms with Gasteiger partial charge in [-0.2, -0.15) is 5.26 Å². The van der Waals surface area contributed by atoms with Gasteiger partial charge in [-0.3, -0.25) is 4.79 Å². The first-order chi connectivity index (χ1) is 14.9. The fourth-order valence-electron chi connectivity index (χ4n) is 7.13. The molecule has 0 aromatic heterocycles. The van der Waals surface area contributed by atoms with Crippen LogP contribution < -0.4 is 11.1 Å². The maximum Gasteiger partial charge on any atom is 0.235 e. The first kappa shape index (κ1) is 21.9. The molecule has 1 aliphatic heterocycles. The number of nitriles is 1. The number of nitrogens with zero attached hydrogens (tertiary/aromatic N) is 1. The molecule has 7 atom stereocenters. The second kappa shape index (κ2) is 6.14. The zero-order chi connectivity index (χ0) is 23.5. The Hall–Kier alpha value is -1.94. The Kier molecular flexibility index (Phi) is 4.20. The smallest absolute Gasteiger partial charge is 0.235 e. The van der Waals surface area contributed by atoms with Gasteiger partial charge in [0, 0.05) is 33.4 Å².